The van der Waals surface area contributed by atoms with Gasteiger partial charge in [0.1, 0.15) is 6.61 Å². The highest BCUT2D eigenvalue weighted by Crippen LogP contribution is 2.16. The van der Waals surface area contributed by atoms with Crippen molar-refractivity contribution in [2.24, 2.45) is 0 Å². The van der Waals surface area contributed by atoms with Crippen molar-refractivity contribution in [2.45, 2.75) is 290 Å². The van der Waals surface area contributed by atoms with Gasteiger partial charge in [-0.25, -0.2) is 0 Å². The van der Waals surface area contributed by atoms with Crippen molar-refractivity contribution in [2.75, 3.05) is 13.2 Å². The number of aliphatic hydroxyl groups is 1. The molecule has 412 valence electrons. The summed E-state index contributed by atoms with van der Waals surface area (Å²) in [6.07, 6.45) is 89.3. The second-order valence-electron chi connectivity index (χ2n) is 20.0. The van der Waals surface area contributed by atoms with Gasteiger partial charge in [-0.1, -0.05) is 277 Å². The summed E-state index contributed by atoms with van der Waals surface area (Å²) in [7, 11) is 0. The van der Waals surface area contributed by atoms with Crippen LogP contribution in [0.2, 0.25) is 0 Å². The van der Waals surface area contributed by atoms with Crippen LogP contribution in [0.1, 0.15) is 284 Å². The van der Waals surface area contributed by atoms with E-state index in [2.05, 4.69) is 123 Å². The lowest BCUT2D eigenvalue weighted by molar-refractivity contribution is -0.161. The number of hydrogen-bond acceptors (Lipinski definition) is 5. The van der Waals surface area contributed by atoms with Gasteiger partial charge in [-0.15, -0.1) is 0 Å². The van der Waals surface area contributed by atoms with Gasteiger partial charge in [0, 0.05) is 12.8 Å². The summed E-state index contributed by atoms with van der Waals surface area (Å²) >= 11 is 0. The highest BCUT2D eigenvalue weighted by Gasteiger charge is 2.16. The minimum absolute atomic E-state index is 0.0779. The highest BCUT2D eigenvalue weighted by molar-refractivity contribution is 5.70. The van der Waals surface area contributed by atoms with Gasteiger partial charge in [0.2, 0.25) is 0 Å². The van der Waals surface area contributed by atoms with Gasteiger partial charge in [0.05, 0.1) is 6.61 Å². The summed E-state index contributed by atoms with van der Waals surface area (Å²) in [5.41, 5.74) is 0. The lowest BCUT2D eigenvalue weighted by Crippen LogP contribution is -2.28. The van der Waals surface area contributed by atoms with Crippen molar-refractivity contribution in [3.05, 3.63) is 109 Å². The summed E-state index contributed by atoms with van der Waals surface area (Å²) < 4.78 is 10.7. The van der Waals surface area contributed by atoms with E-state index in [1.807, 2.05) is 0 Å². The fourth-order valence-electron chi connectivity index (χ4n) is 8.51. The van der Waals surface area contributed by atoms with E-state index in [9.17, 15) is 14.7 Å². The number of hydrogen-bond donors (Lipinski definition) is 1. The molecule has 0 fully saturated rings. The second-order valence-corrected chi connectivity index (χ2v) is 20.0. The number of carbonyl (C=O) groups is 2. The third-order valence-corrected chi connectivity index (χ3v) is 13.1. The van der Waals surface area contributed by atoms with Gasteiger partial charge in [-0.05, 0) is 103 Å². The van der Waals surface area contributed by atoms with Crippen LogP contribution in [0.3, 0.4) is 0 Å². The number of rotatable bonds is 55. The molecule has 1 N–H and O–H groups in total. The van der Waals surface area contributed by atoms with Crippen molar-refractivity contribution >= 4 is 11.9 Å². The van der Waals surface area contributed by atoms with E-state index in [1.54, 1.807) is 0 Å². The Labute approximate surface area is 446 Å². The van der Waals surface area contributed by atoms with Crippen molar-refractivity contribution in [1.82, 2.24) is 0 Å². The molecule has 0 heterocycles. The molecular weight excluding hydrogens is 885 g/mol. The van der Waals surface area contributed by atoms with E-state index in [0.717, 1.165) is 109 Å². The Kier molecular flexibility index (Phi) is 58.9. The second kappa shape index (κ2) is 61.9. The molecule has 0 saturated carbocycles. The van der Waals surface area contributed by atoms with Crippen LogP contribution in [-0.2, 0) is 19.1 Å². The molecule has 0 saturated heterocycles. The average molecular weight is 1000 g/mol. The molecule has 0 aliphatic carbocycles. The topological polar surface area (TPSA) is 72.8 Å². The maximum Gasteiger partial charge on any atom is 0.306 e. The number of allylic oxidation sites excluding steroid dienone is 18. The molecule has 0 aromatic heterocycles. The summed E-state index contributed by atoms with van der Waals surface area (Å²) in [5.74, 6) is -0.610. The lowest BCUT2D eigenvalue weighted by Gasteiger charge is -2.15. The van der Waals surface area contributed by atoms with Crippen molar-refractivity contribution in [1.29, 1.82) is 0 Å². The first kappa shape index (κ1) is 68.6. The first-order chi connectivity index (χ1) is 35.6. The molecule has 0 aromatic carbocycles. The quantitative estimate of drug-likeness (QED) is 0.0373. The molecule has 0 aliphatic heterocycles. The summed E-state index contributed by atoms with van der Waals surface area (Å²) in [6.45, 7) is 4.02. The molecule has 0 spiro atoms. The van der Waals surface area contributed by atoms with E-state index < -0.39 is 6.10 Å². The molecule has 1 unspecified atom stereocenters. The fraction of sp³-hybridized carbons (Fsp3) is 0.701. The van der Waals surface area contributed by atoms with Crippen LogP contribution in [0.4, 0.5) is 0 Å². The van der Waals surface area contributed by atoms with Crippen LogP contribution in [0, 0.1) is 0 Å². The molecule has 72 heavy (non-hydrogen) atoms. The number of esters is 2. The molecule has 0 radical (unpaired) electrons. The van der Waals surface area contributed by atoms with Gasteiger partial charge in [-0.2, -0.15) is 0 Å². The van der Waals surface area contributed by atoms with Crippen LogP contribution in [0.5, 0.6) is 0 Å². The summed E-state index contributed by atoms with van der Waals surface area (Å²) in [6, 6.07) is 0. The smallest absolute Gasteiger partial charge is 0.306 e. The minimum atomic E-state index is -0.790. The predicted molar refractivity (Wildman–Crippen MR) is 315 cm³/mol. The summed E-state index contributed by atoms with van der Waals surface area (Å²) in [4.78, 5) is 24.6. The Hall–Kier alpha value is -3.44. The van der Waals surface area contributed by atoms with Crippen molar-refractivity contribution in [3.8, 4) is 0 Å². The van der Waals surface area contributed by atoms with Gasteiger partial charge >= 0.3 is 11.9 Å². The van der Waals surface area contributed by atoms with Crippen LogP contribution >= 0.6 is 0 Å². The summed E-state index contributed by atoms with van der Waals surface area (Å²) in [5, 5.41) is 9.67. The molecule has 0 rings (SSSR count). The number of carbonyl (C=O) groups excluding carboxylic acids is 2. The Morgan fingerprint density at radius 2 is 0.597 bits per heavy atom. The predicted octanol–water partition coefficient (Wildman–Crippen LogP) is 20.9. The SMILES string of the molecule is CC/C=C\C/C=C\C/C=C\C/C=C\C/C=C\C/C=C\C/C=C\CCCCCCCC(=O)OC(CO)COC(=O)CCCCCCCCCCCCCCCCCCCCC/C=C\C/C=C\CCCCCCC. The van der Waals surface area contributed by atoms with E-state index in [-0.39, 0.29) is 25.2 Å². The third kappa shape index (κ3) is 59.1. The molecule has 0 aliphatic rings. The van der Waals surface area contributed by atoms with Crippen LogP contribution in [-0.4, -0.2) is 36.4 Å². The molecule has 5 heteroatoms. The third-order valence-electron chi connectivity index (χ3n) is 13.1. The Morgan fingerprint density at radius 3 is 0.903 bits per heavy atom. The van der Waals surface area contributed by atoms with Gasteiger partial charge < -0.3 is 14.6 Å². The first-order valence-corrected chi connectivity index (χ1v) is 30.4. The van der Waals surface area contributed by atoms with E-state index in [0.29, 0.717) is 12.8 Å². The molecule has 0 amide bonds. The van der Waals surface area contributed by atoms with E-state index in [4.69, 9.17) is 9.47 Å². The molecule has 0 bridgehead atoms. The Bertz CT molecular complexity index is 1410. The minimum Gasteiger partial charge on any atom is -0.462 e. The maximum absolute atomic E-state index is 12.3. The van der Waals surface area contributed by atoms with Gasteiger partial charge in [0.15, 0.2) is 6.10 Å². The largest absolute Gasteiger partial charge is 0.462 e. The van der Waals surface area contributed by atoms with Crippen LogP contribution in [0.15, 0.2) is 109 Å². The van der Waals surface area contributed by atoms with Gasteiger partial charge in [0.25, 0.3) is 0 Å². The standard InChI is InChI=1S/C67H114O5/c1-3-5-7-9-11-13-15-17-19-21-23-25-27-29-31-32-33-34-36-37-39-41-43-45-47-49-51-53-55-57-59-61-66(69)71-64-65(63-68)72-67(70)62-60-58-56-54-52-50-48-46-44-42-40-38-35-30-28-26-24-22-20-18-16-14-12-10-8-6-4-2/h6,8,12,14-15,17-18,20-21,23-24,26,30,35,40,42,46,48,65,68H,3-5,7,9-11,13,16,19,22,25,27-29,31-34,36-39,41,43-45,47,49-64H2,1-2H3/b8-6-,14-12-,17-15-,20-18-,23-21-,26-24-,35-30-,42-40-,48-46-. The molecular formula is C67H114O5. The van der Waals surface area contributed by atoms with E-state index >= 15 is 0 Å². The van der Waals surface area contributed by atoms with Crippen LogP contribution in [0.25, 0.3) is 0 Å². The monoisotopic (exact) mass is 999 g/mol. The molecule has 0 aromatic rings. The van der Waals surface area contributed by atoms with Crippen molar-refractivity contribution in [3.63, 3.8) is 0 Å². The number of ether oxygens (including phenoxy) is 2. The van der Waals surface area contributed by atoms with Crippen LogP contribution < -0.4 is 0 Å². The fourth-order valence-corrected chi connectivity index (χ4v) is 8.51. The average Bonchev–Trinajstić information content (AvgIpc) is 3.38. The Morgan fingerprint density at radius 1 is 0.333 bits per heavy atom. The first-order valence-electron chi connectivity index (χ1n) is 30.4. The number of unbranched alkanes of at least 4 members (excludes halogenated alkanes) is 29. The molecule has 5 nitrogen and oxygen atoms in total. The van der Waals surface area contributed by atoms with Crippen molar-refractivity contribution < 1.29 is 24.2 Å². The zero-order valence-electron chi connectivity index (χ0n) is 47.2. The van der Waals surface area contributed by atoms with E-state index in [1.165, 1.54) is 148 Å². The van der Waals surface area contributed by atoms with Gasteiger partial charge in [-0.3, -0.25) is 9.59 Å². The molecule has 1 atom stereocenters. The maximum atomic E-state index is 12.3. The lowest BCUT2D eigenvalue weighted by atomic mass is 10.0. The normalized spacial score (nSPS) is 13.0. The zero-order valence-corrected chi connectivity index (χ0v) is 47.2. The number of aliphatic hydroxyl groups excluding tert-OH is 1. The Balaban J connectivity index is 3.53. The zero-order chi connectivity index (χ0) is 52.0. The highest BCUT2D eigenvalue weighted by atomic mass is 16.6.